The zero-order valence-corrected chi connectivity index (χ0v) is 11.8. The van der Waals surface area contributed by atoms with E-state index in [0.717, 1.165) is 5.56 Å². The standard InChI is InChI=1S/C12H21N3O3S/c1-18-8-7-14-19(16,17)15-12(10-13)9-11-5-3-2-4-6-11/h2-6,12,14-15H,7-10,13H2,1H3. The van der Waals surface area contributed by atoms with Crippen molar-refractivity contribution in [2.75, 3.05) is 26.8 Å². The molecule has 4 N–H and O–H groups in total. The molecule has 108 valence electrons. The summed E-state index contributed by atoms with van der Waals surface area (Å²) >= 11 is 0. The van der Waals surface area contributed by atoms with Crippen molar-refractivity contribution in [2.24, 2.45) is 5.73 Å². The Morgan fingerprint density at radius 1 is 1.32 bits per heavy atom. The van der Waals surface area contributed by atoms with E-state index in [4.69, 9.17) is 10.5 Å². The smallest absolute Gasteiger partial charge is 0.277 e. The number of nitrogens with one attached hydrogen (secondary N) is 2. The molecule has 0 bridgehead atoms. The fraction of sp³-hybridized carbons (Fsp3) is 0.500. The first-order chi connectivity index (χ1) is 9.07. The second kappa shape index (κ2) is 8.23. The molecule has 0 heterocycles. The molecule has 0 radical (unpaired) electrons. The topological polar surface area (TPSA) is 93.4 Å². The Kier molecular flexibility index (Phi) is 6.96. The zero-order chi connectivity index (χ0) is 14.1. The normalized spacial score (nSPS) is 13.4. The Bertz CT molecular complexity index is 451. The van der Waals surface area contributed by atoms with Crippen LogP contribution < -0.4 is 15.2 Å². The van der Waals surface area contributed by atoms with Gasteiger partial charge >= 0.3 is 0 Å². The zero-order valence-electron chi connectivity index (χ0n) is 11.0. The van der Waals surface area contributed by atoms with E-state index in [1.807, 2.05) is 30.3 Å². The SMILES string of the molecule is COCCNS(=O)(=O)NC(CN)Cc1ccccc1. The molecule has 0 fully saturated rings. The van der Waals surface area contributed by atoms with Crippen LogP contribution in [-0.2, 0) is 21.4 Å². The monoisotopic (exact) mass is 287 g/mol. The third-order valence-electron chi connectivity index (χ3n) is 2.53. The van der Waals surface area contributed by atoms with Crippen molar-refractivity contribution in [3.63, 3.8) is 0 Å². The molecule has 1 atom stereocenters. The minimum atomic E-state index is -3.55. The molecule has 1 unspecified atom stereocenters. The summed E-state index contributed by atoms with van der Waals surface area (Å²) in [5.41, 5.74) is 6.64. The minimum absolute atomic E-state index is 0.231. The van der Waals surface area contributed by atoms with Crippen molar-refractivity contribution in [3.05, 3.63) is 35.9 Å². The quantitative estimate of drug-likeness (QED) is 0.540. The molecule has 1 rings (SSSR count). The van der Waals surface area contributed by atoms with Crippen LogP contribution >= 0.6 is 0 Å². The molecule has 0 aliphatic heterocycles. The number of methoxy groups -OCH3 is 1. The maximum Gasteiger partial charge on any atom is 0.277 e. The Hall–Kier alpha value is -0.990. The summed E-state index contributed by atoms with van der Waals surface area (Å²) < 4.78 is 33.2. The van der Waals surface area contributed by atoms with Crippen LogP contribution in [0.25, 0.3) is 0 Å². The van der Waals surface area contributed by atoms with E-state index in [2.05, 4.69) is 9.44 Å². The van der Waals surface area contributed by atoms with Crippen LogP contribution in [0.1, 0.15) is 5.56 Å². The summed E-state index contributed by atoms with van der Waals surface area (Å²) in [6, 6.07) is 9.28. The average Bonchev–Trinajstić information content (AvgIpc) is 2.39. The van der Waals surface area contributed by atoms with E-state index in [1.54, 1.807) is 0 Å². The molecule has 7 heteroatoms. The van der Waals surface area contributed by atoms with Gasteiger partial charge in [0.25, 0.3) is 10.2 Å². The summed E-state index contributed by atoms with van der Waals surface area (Å²) in [7, 11) is -2.03. The number of rotatable bonds is 9. The number of hydrogen-bond donors (Lipinski definition) is 3. The summed E-state index contributed by atoms with van der Waals surface area (Å²) in [6.07, 6.45) is 0.558. The van der Waals surface area contributed by atoms with Gasteiger partial charge in [-0.1, -0.05) is 30.3 Å². The lowest BCUT2D eigenvalue weighted by atomic mass is 10.1. The third kappa shape index (κ3) is 6.65. The molecule has 0 aliphatic rings. The Morgan fingerprint density at radius 3 is 2.58 bits per heavy atom. The van der Waals surface area contributed by atoms with Gasteiger partial charge in [0.05, 0.1) is 6.61 Å². The molecule has 1 aromatic carbocycles. The van der Waals surface area contributed by atoms with Crippen LogP contribution in [-0.4, -0.2) is 41.3 Å². The lowest BCUT2D eigenvalue weighted by Gasteiger charge is -2.17. The predicted molar refractivity (Wildman–Crippen MR) is 74.9 cm³/mol. The molecule has 0 saturated heterocycles. The molecule has 6 nitrogen and oxygen atoms in total. The number of nitrogens with two attached hydrogens (primary N) is 1. The van der Waals surface area contributed by atoms with Crippen molar-refractivity contribution >= 4 is 10.2 Å². The van der Waals surface area contributed by atoms with Gasteiger partial charge in [-0.3, -0.25) is 0 Å². The number of ether oxygens (including phenoxy) is 1. The number of benzene rings is 1. The van der Waals surface area contributed by atoms with E-state index in [9.17, 15) is 8.42 Å². The summed E-state index contributed by atoms with van der Waals surface area (Å²) in [6.45, 7) is 0.793. The van der Waals surface area contributed by atoms with Gasteiger partial charge in [-0.2, -0.15) is 17.9 Å². The van der Waals surface area contributed by atoms with Crippen LogP contribution in [0, 0.1) is 0 Å². The van der Waals surface area contributed by atoms with Crippen LogP contribution in [0.5, 0.6) is 0 Å². The van der Waals surface area contributed by atoms with Crippen LogP contribution in [0.4, 0.5) is 0 Å². The lowest BCUT2D eigenvalue weighted by Crippen LogP contribution is -2.47. The van der Waals surface area contributed by atoms with Crippen molar-refractivity contribution in [2.45, 2.75) is 12.5 Å². The highest BCUT2D eigenvalue weighted by molar-refractivity contribution is 7.87. The summed E-state index contributed by atoms with van der Waals surface area (Å²) in [5, 5.41) is 0. The Labute approximate surface area is 114 Å². The lowest BCUT2D eigenvalue weighted by molar-refractivity contribution is 0.204. The van der Waals surface area contributed by atoms with Crippen molar-refractivity contribution < 1.29 is 13.2 Å². The van der Waals surface area contributed by atoms with Crippen LogP contribution in [0.15, 0.2) is 30.3 Å². The maximum absolute atomic E-state index is 11.7. The number of hydrogen-bond acceptors (Lipinski definition) is 4. The van der Waals surface area contributed by atoms with Crippen LogP contribution in [0.3, 0.4) is 0 Å². The van der Waals surface area contributed by atoms with E-state index < -0.39 is 10.2 Å². The minimum Gasteiger partial charge on any atom is -0.383 e. The van der Waals surface area contributed by atoms with Gasteiger partial charge in [0.15, 0.2) is 0 Å². The van der Waals surface area contributed by atoms with Crippen molar-refractivity contribution in [3.8, 4) is 0 Å². The highest BCUT2D eigenvalue weighted by Gasteiger charge is 2.16. The van der Waals surface area contributed by atoms with Crippen LogP contribution in [0.2, 0.25) is 0 Å². The fourth-order valence-corrected chi connectivity index (χ4v) is 2.66. The molecule has 0 amide bonds. The second-order valence-corrected chi connectivity index (χ2v) is 5.66. The highest BCUT2D eigenvalue weighted by Crippen LogP contribution is 2.03. The first kappa shape index (κ1) is 16.1. The Balaban J connectivity index is 2.52. The van der Waals surface area contributed by atoms with Gasteiger partial charge in [0.2, 0.25) is 0 Å². The maximum atomic E-state index is 11.7. The molecule has 0 spiro atoms. The van der Waals surface area contributed by atoms with E-state index in [-0.39, 0.29) is 19.1 Å². The molecule has 19 heavy (non-hydrogen) atoms. The summed E-state index contributed by atoms with van der Waals surface area (Å²) in [4.78, 5) is 0. The van der Waals surface area contributed by atoms with Crippen molar-refractivity contribution in [1.29, 1.82) is 0 Å². The summed E-state index contributed by atoms with van der Waals surface area (Å²) in [5.74, 6) is 0. The molecular formula is C12H21N3O3S. The first-order valence-corrected chi connectivity index (χ1v) is 7.55. The first-order valence-electron chi connectivity index (χ1n) is 6.07. The highest BCUT2D eigenvalue weighted by atomic mass is 32.2. The van der Waals surface area contributed by atoms with E-state index >= 15 is 0 Å². The second-order valence-electron chi connectivity index (χ2n) is 4.13. The molecule has 0 aliphatic carbocycles. The molecule has 0 saturated carbocycles. The largest absolute Gasteiger partial charge is 0.383 e. The van der Waals surface area contributed by atoms with E-state index in [1.165, 1.54) is 7.11 Å². The van der Waals surface area contributed by atoms with E-state index in [0.29, 0.717) is 13.0 Å². The van der Waals surface area contributed by atoms with Crippen molar-refractivity contribution in [1.82, 2.24) is 9.44 Å². The Morgan fingerprint density at radius 2 is 2.00 bits per heavy atom. The van der Waals surface area contributed by atoms with Gasteiger partial charge in [0.1, 0.15) is 0 Å². The van der Waals surface area contributed by atoms with Gasteiger partial charge in [-0.15, -0.1) is 0 Å². The molecule has 1 aromatic rings. The van der Waals surface area contributed by atoms with Gasteiger partial charge < -0.3 is 10.5 Å². The predicted octanol–water partition coefficient (Wildman–Crippen LogP) is -0.373. The average molecular weight is 287 g/mol. The third-order valence-corrected chi connectivity index (χ3v) is 3.76. The molecular weight excluding hydrogens is 266 g/mol. The van der Waals surface area contributed by atoms with Gasteiger partial charge in [0, 0.05) is 26.2 Å². The molecule has 0 aromatic heterocycles. The van der Waals surface area contributed by atoms with Gasteiger partial charge in [-0.25, -0.2) is 0 Å². The van der Waals surface area contributed by atoms with Gasteiger partial charge in [-0.05, 0) is 12.0 Å². The fourth-order valence-electron chi connectivity index (χ4n) is 1.61.